The van der Waals surface area contributed by atoms with Crippen molar-refractivity contribution in [2.24, 2.45) is 5.73 Å². The lowest BCUT2D eigenvalue weighted by atomic mass is 10.1. The SMILES string of the molecule is CC(=O)c1ccc(OCC(N)C(=O)O)cc1F. The zero-order valence-electron chi connectivity index (χ0n) is 9.14. The first-order valence-electron chi connectivity index (χ1n) is 4.83. The van der Waals surface area contributed by atoms with Crippen LogP contribution in [0.3, 0.4) is 0 Å². The number of hydrogen-bond acceptors (Lipinski definition) is 4. The summed E-state index contributed by atoms with van der Waals surface area (Å²) in [6, 6.07) is 2.50. The number of carbonyl (C=O) groups is 2. The van der Waals surface area contributed by atoms with E-state index in [9.17, 15) is 14.0 Å². The van der Waals surface area contributed by atoms with Crippen LogP contribution in [0.15, 0.2) is 18.2 Å². The van der Waals surface area contributed by atoms with Gasteiger partial charge < -0.3 is 15.6 Å². The Hall–Kier alpha value is -1.95. The molecular weight excluding hydrogens is 229 g/mol. The Morgan fingerprint density at radius 1 is 1.53 bits per heavy atom. The van der Waals surface area contributed by atoms with Crippen LogP contribution in [0.1, 0.15) is 17.3 Å². The maximum absolute atomic E-state index is 13.3. The lowest BCUT2D eigenvalue weighted by molar-refractivity contribution is -0.139. The first kappa shape index (κ1) is 13.1. The lowest BCUT2D eigenvalue weighted by Gasteiger charge is -2.09. The van der Waals surface area contributed by atoms with Crippen molar-refractivity contribution in [3.63, 3.8) is 0 Å². The van der Waals surface area contributed by atoms with Gasteiger partial charge in [0.15, 0.2) is 5.78 Å². The average Bonchev–Trinajstić information content (AvgIpc) is 2.25. The molecule has 1 unspecified atom stereocenters. The van der Waals surface area contributed by atoms with E-state index in [1.54, 1.807) is 0 Å². The summed E-state index contributed by atoms with van der Waals surface area (Å²) in [7, 11) is 0. The first-order chi connectivity index (χ1) is 7.91. The predicted molar refractivity (Wildman–Crippen MR) is 57.5 cm³/mol. The number of Topliss-reactive ketones (excluding diaryl/α,β-unsaturated/α-hetero) is 1. The quantitative estimate of drug-likeness (QED) is 0.745. The van der Waals surface area contributed by atoms with Gasteiger partial charge >= 0.3 is 5.97 Å². The molecule has 92 valence electrons. The van der Waals surface area contributed by atoms with Crippen molar-refractivity contribution in [3.05, 3.63) is 29.6 Å². The third kappa shape index (κ3) is 3.53. The number of aliphatic carboxylic acids is 1. The number of halogens is 1. The highest BCUT2D eigenvalue weighted by Crippen LogP contribution is 2.17. The molecule has 0 aromatic heterocycles. The van der Waals surface area contributed by atoms with Crippen molar-refractivity contribution in [2.45, 2.75) is 13.0 Å². The van der Waals surface area contributed by atoms with Gasteiger partial charge in [0.05, 0.1) is 5.56 Å². The second kappa shape index (κ2) is 5.40. The van der Waals surface area contributed by atoms with Crippen LogP contribution in [0.5, 0.6) is 5.75 Å². The number of benzene rings is 1. The maximum Gasteiger partial charge on any atom is 0.324 e. The number of rotatable bonds is 5. The van der Waals surface area contributed by atoms with Gasteiger partial charge in [0, 0.05) is 6.07 Å². The van der Waals surface area contributed by atoms with E-state index < -0.39 is 23.6 Å². The van der Waals surface area contributed by atoms with Gasteiger partial charge in [0.1, 0.15) is 24.2 Å². The molecule has 17 heavy (non-hydrogen) atoms. The number of ketones is 1. The van der Waals surface area contributed by atoms with Crippen molar-refractivity contribution in [3.8, 4) is 5.75 Å². The Bertz CT molecular complexity index is 447. The molecule has 1 aromatic rings. The van der Waals surface area contributed by atoms with E-state index >= 15 is 0 Å². The monoisotopic (exact) mass is 241 g/mol. The van der Waals surface area contributed by atoms with Gasteiger partial charge in [-0.2, -0.15) is 0 Å². The fourth-order valence-corrected chi connectivity index (χ4v) is 1.13. The summed E-state index contributed by atoms with van der Waals surface area (Å²) in [5.74, 6) is -2.18. The molecule has 0 saturated carbocycles. The largest absolute Gasteiger partial charge is 0.491 e. The van der Waals surface area contributed by atoms with Crippen molar-refractivity contribution < 1.29 is 23.8 Å². The molecule has 3 N–H and O–H groups in total. The Balaban J connectivity index is 2.71. The van der Waals surface area contributed by atoms with Crippen LogP contribution in [0.25, 0.3) is 0 Å². The normalized spacial score (nSPS) is 11.9. The fourth-order valence-electron chi connectivity index (χ4n) is 1.13. The van der Waals surface area contributed by atoms with E-state index in [0.717, 1.165) is 6.07 Å². The number of nitrogens with two attached hydrogens (primary N) is 1. The highest BCUT2D eigenvalue weighted by atomic mass is 19.1. The molecule has 0 fully saturated rings. The molecule has 0 amide bonds. The summed E-state index contributed by atoms with van der Waals surface area (Å²) >= 11 is 0. The second-order valence-electron chi connectivity index (χ2n) is 3.45. The minimum Gasteiger partial charge on any atom is -0.491 e. The predicted octanol–water partition coefficient (Wildman–Crippen LogP) is 0.819. The smallest absolute Gasteiger partial charge is 0.324 e. The van der Waals surface area contributed by atoms with Crippen LogP contribution < -0.4 is 10.5 Å². The van der Waals surface area contributed by atoms with Gasteiger partial charge in [-0.15, -0.1) is 0 Å². The van der Waals surface area contributed by atoms with Gasteiger partial charge in [-0.05, 0) is 19.1 Å². The van der Waals surface area contributed by atoms with Gasteiger partial charge in [-0.3, -0.25) is 9.59 Å². The molecule has 0 aliphatic rings. The molecular formula is C11H12FNO4. The van der Waals surface area contributed by atoms with Crippen LogP contribution in [-0.2, 0) is 4.79 Å². The van der Waals surface area contributed by atoms with Crippen molar-refractivity contribution in [1.82, 2.24) is 0 Å². The number of ether oxygens (including phenoxy) is 1. The number of hydrogen-bond donors (Lipinski definition) is 2. The summed E-state index contributed by atoms with van der Waals surface area (Å²) in [5.41, 5.74) is 5.17. The Morgan fingerprint density at radius 3 is 2.65 bits per heavy atom. The molecule has 0 aliphatic carbocycles. The number of carbonyl (C=O) groups excluding carboxylic acids is 1. The number of carboxylic acid groups (broad SMARTS) is 1. The highest BCUT2D eigenvalue weighted by molar-refractivity contribution is 5.94. The summed E-state index contributed by atoms with van der Waals surface area (Å²) in [6.45, 7) is 0.980. The zero-order valence-corrected chi connectivity index (χ0v) is 9.14. The van der Waals surface area contributed by atoms with E-state index in [0.29, 0.717) is 0 Å². The van der Waals surface area contributed by atoms with E-state index in [4.69, 9.17) is 15.6 Å². The van der Waals surface area contributed by atoms with Gasteiger partial charge in [0.25, 0.3) is 0 Å². The molecule has 6 heteroatoms. The van der Waals surface area contributed by atoms with Crippen molar-refractivity contribution >= 4 is 11.8 Å². The van der Waals surface area contributed by atoms with Crippen LogP contribution >= 0.6 is 0 Å². The van der Waals surface area contributed by atoms with E-state index in [1.165, 1.54) is 19.1 Å². The van der Waals surface area contributed by atoms with Gasteiger partial charge in [-0.1, -0.05) is 0 Å². The molecule has 5 nitrogen and oxygen atoms in total. The second-order valence-corrected chi connectivity index (χ2v) is 3.45. The highest BCUT2D eigenvalue weighted by Gasteiger charge is 2.13. The Morgan fingerprint density at radius 2 is 2.18 bits per heavy atom. The molecule has 0 spiro atoms. The molecule has 1 rings (SSSR count). The van der Waals surface area contributed by atoms with Crippen molar-refractivity contribution in [2.75, 3.05) is 6.61 Å². The third-order valence-corrected chi connectivity index (χ3v) is 2.07. The van der Waals surface area contributed by atoms with Gasteiger partial charge in [-0.25, -0.2) is 4.39 Å². The molecule has 1 aromatic carbocycles. The lowest BCUT2D eigenvalue weighted by Crippen LogP contribution is -2.36. The van der Waals surface area contributed by atoms with E-state index in [-0.39, 0.29) is 17.9 Å². The average molecular weight is 241 g/mol. The van der Waals surface area contributed by atoms with Crippen molar-refractivity contribution in [1.29, 1.82) is 0 Å². The molecule has 1 atom stereocenters. The summed E-state index contributed by atoms with van der Waals surface area (Å²) in [6.07, 6.45) is 0. The Kier molecular flexibility index (Phi) is 4.17. The van der Waals surface area contributed by atoms with Crippen LogP contribution in [0.4, 0.5) is 4.39 Å². The molecule has 0 aliphatic heterocycles. The van der Waals surface area contributed by atoms with Crippen LogP contribution in [0.2, 0.25) is 0 Å². The topological polar surface area (TPSA) is 89.6 Å². The van der Waals surface area contributed by atoms with Gasteiger partial charge in [0.2, 0.25) is 0 Å². The van der Waals surface area contributed by atoms with Crippen LogP contribution in [0, 0.1) is 5.82 Å². The summed E-state index contributed by atoms with van der Waals surface area (Å²) < 4.78 is 18.3. The molecule has 0 radical (unpaired) electrons. The van der Waals surface area contributed by atoms with E-state index in [2.05, 4.69) is 0 Å². The molecule has 0 heterocycles. The summed E-state index contributed by atoms with van der Waals surface area (Å²) in [4.78, 5) is 21.4. The third-order valence-electron chi connectivity index (χ3n) is 2.07. The fraction of sp³-hybridized carbons (Fsp3) is 0.273. The molecule has 0 bridgehead atoms. The Labute approximate surface area is 97.0 Å². The van der Waals surface area contributed by atoms with Crippen LogP contribution in [-0.4, -0.2) is 29.5 Å². The summed E-state index contributed by atoms with van der Waals surface area (Å²) in [5, 5.41) is 8.51. The molecule has 0 saturated heterocycles. The minimum absolute atomic E-state index is 0.0418. The minimum atomic E-state index is -1.20. The maximum atomic E-state index is 13.3. The standard InChI is InChI=1S/C11H12FNO4/c1-6(14)8-3-2-7(4-9(8)12)17-5-10(13)11(15)16/h2-4,10H,5,13H2,1H3,(H,15,16). The number of carboxylic acids is 1. The zero-order chi connectivity index (χ0) is 13.0. The van der Waals surface area contributed by atoms with E-state index in [1.807, 2.05) is 0 Å². The first-order valence-corrected chi connectivity index (χ1v) is 4.83.